The van der Waals surface area contributed by atoms with Gasteiger partial charge in [0, 0.05) is 28.7 Å². The molecule has 0 radical (unpaired) electrons. The van der Waals surface area contributed by atoms with E-state index in [1.54, 1.807) is 0 Å². The number of hydrogen-bond acceptors (Lipinski definition) is 2. The normalized spacial score (nSPS) is 25.1. The van der Waals surface area contributed by atoms with Gasteiger partial charge >= 0.3 is 0 Å². The zero-order valence-corrected chi connectivity index (χ0v) is 13.8. The van der Waals surface area contributed by atoms with E-state index in [4.69, 9.17) is 11.5 Å². The van der Waals surface area contributed by atoms with Crippen molar-refractivity contribution < 1.29 is 0 Å². The van der Waals surface area contributed by atoms with Crippen LogP contribution in [0.1, 0.15) is 37.7 Å². The Labute approximate surface area is 138 Å². The zero-order valence-electron chi connectivity index (χ0n) is 12.2. The highest BCUT2D eigenvalue weighted by atomic mass is 35.5. The van der Waals surface area contributed by atoms with E-state index in [0.29, 0.717) is 6.04 Å². The smallest absolute Gasteiger partial charge is 0.0456 e. The lowest BCUT2D eigenvalue weighted by Gasteiger charge is -2.36. The number of aryl methyl sites for hydroxylation is 1. The third kappa shape index (κ3) is 4.13. The highest BCUT2D eigenvalue weighted by Crippen LogP contribution is 2.30. The van der Waals surface area contributed by atoms with E-state index in [-0.39, 0.29) is 30.4 Å². The number of aromatic nitrogens is 1. The van der Waals surface area contributed by atoms with Gasteiger partial charge in [0.25, 0.3) is 0 Å². The molecule has 118 valence electrons. The summed E-state index contributed by atoms with van der Waals surface area (Å²) in [6, 6.07) is 8.83. The molecule has 1 heterocycles. The molecule has 3 nitrogen and oxygen atoms in total. The highest BCUT2D eigenvalue weighted by Gasteiger charge is 2.30. The van der Waals surface area contributed by atoms with Crippen LogP contribution in [0.2, 0.25) is 0 Å². The van der Waals surface area contributed by atoms with Gasteiger partial charge in [0.2, 0.25) is 0 Å². The van der Waals surface area contributed by atoms with Crippen molar-refractivity contribution in [2.24, 2.45) is 11.5 Å². The lowest BCUT2D eigenvalue weighted by Crippen LogP contribution is -2.46. The second kappa shape index (κ2) is 7.50. The van der Waals surface area contributed by atoms with Crippen LogP contribution in [0.25, 0.3) is 10.9 Å². The van der Waals surface area contributed by atoms with Crippen LogP contribution in [0.5, 0.6) is 0 Å². The number of rotatable bonds is 3. The molecule has 2 aromatic rings. The fourth-order valence-corrected chi connectivity index (χ4v) is 3.19. The van der Waals surface area contributed by atoms with Gasteiger partial charge in [-0.2, -0.15) is 0 Å². The molecule has 0 amide bonds. The number of H-pyrrole nitrogens is 1. The lowest BCUT2D eigenvalue weighted by atomic mass is 9.77. The molecule has 0 bridgehead atoms. The van der Waals surface area contributed by atoms with E-state index >= 15 is 0 Å². The van der Waals surface area contributed by atoms with Gasteiger partial charge in [-0.25, -0.2) is 0 Å². The molecule has 21 heavy (non-hydrogen) atoms. The third-order valence-electron chi connectivity index (χ3n) is 4.59. The van der Waals surface area contributed by atoms with Crippen molar-refractivity contribution >= 4 is 35.7 Å². The van der Waals surface area contributed by atoms with E-state index in [1.807, 2.05) is 0 Å². The van der Waals surface area contributed by atoms with Crippen LogP contribution in [0.3, 0.4) is 0 Å². The van der Waals surface area contributed by atoms with Crippen molar-refractivity contribution in [3.63, 3.8) is 0 Å². The molecule has 1 aliphatic rings. The van der Waals surface area contributed by atoms with E-state index in [9.17, 15) is 0 Å². The largest absolute Gasteiger partial charge is 0.361 e. The first kappa shape index (κ1) is 18.3. The summed E-state index contributed by atoms with van der Waals surface area (Å²) in [5.74, 6) is 0. The van der Waals surface area contributed by atoms with Gasteiger partial charge in [0.1, 0.15) is 0 Å². The second-order valence-corrected chi connectivity index (χ2v) is 6.06. The number of fused-ring (bicyclic) bond motifs is 1. The lowest BCUT2D eigenvalue weighted by molar-refractivity contribution is 0.258. The summed E-state index contributed by atoms with van der Waals surface area (Å²) < 4.78 is 0. The summed E-state index contributed by atoms with van der Waals surface area (Å²) in [6.07, 6.45) is 8.52. The Bertz CT molecular complexity index is 559. The number of benzene rings is 1. The van der Waals surface area contributed by atoms with E-state index in [2.05, 4.69) is 35.4 Å². The monoisotopic (exact) mass is 329 g/mol. The van der Waals surface area contributed by atoms with Crippen LogP contribution >= 0.6 is 24.8 Å². The Morgan fingerprint density at radius 2 is 1.81 bits per heavy atom. The molecule has 0 saturated heterocycles. The zero-order chi connectivity index (χ0) is 13.3. The standard InChI is InChI=1S/C16H23N3.2ClH/c17-13-6-9-16(18,10-7-13)8-5-12-11-19-15-4-2-1-3-14(12)15;;/h1-4,11,13,19H,5-10,17-18H2;2*1H. The van der Waals surface area contributed by atoms with Crippen LogP contribution in [-0.4, -0.2) is 16.6 Å². The fraction of sp³-hybridized carbons (Fsp3) is 0.500. The van der Waals surface area contributed by atoms with Crippen molar-refractivity contribution in [3.05, 3.63) is 36.0 Å². The van der Waals surface area contributed by atoms with Crippen molar-refractivity contribution in [2.75, 3.05) is 0 Å². The maximum atomic E-state index is 6.52. The molecule has 1 saturated carbocycles. The number of halogens is 2. The third-order valence-corrected chi connectivity index (χ3v) is 4.59. The van der Waals surface area contributed by atoms with Crippen LogP contribution in [0, 0.1) is 0 Å². The molecule has 0 aliphatic heterocycles. The summed E-state index contributed by atoms with van der Waals surface area (Å²) >= 11 is 0. The predicted molar refractivity (Wildman–Crippen MR) is 94.5 cm³/mol. The number of aromatic amines is 1. The fourth-order valence-electron chi connectivity index (χ4n) is 3.19. The number of hydrogen-bond donors (Lipinski definition) is 3. The first-order valence-electron chi connectivity index (χ1n) is 7.26. The summed E-state index contributed by atoms with van der Waals surface area (Å²) in [5.41, 5.74) is 15.1. The Kier molecular flexibility index (Phi) is 6.54. The maximum Gasteiger partial charge on any atom is 0.0456 e. The molecule has 3 rings (SSSR count). The summed E-state index contributed by atoms with van der Waals surface area (Å²) in [6.45, 7) is 0. The topological polar surface area (TPSA) is 67.8 Å². The molecule has 0 spiro atoms. The van der Waals surface area contributed by atoms with Gasteiger partial charge in [0.05, 0.1) is 0 Å². The van der Waals surface area contributed by atoms with E-state index < -0.39 is 0 Å². The summed E-state index contributed by atoms with van der Waals surface area (Å²) in [5, 5.41) is 1.33. The Hall–Kier alpha value is -0.740. The molecule has 0 unspecified atom stereocenters. The SMILES string of the molecule is Cl.Cl.NC1CCC(N)(CCc2c[nH]c3ccccc23)CC1. The van der Waals surface area contributed by atoms with Crippen molar-refractivity contribution in [3.8, 4) is 0 Å². The van der Waals surface area contributed by atoms with Gasteiger partial charge in [-0.1, -0.05) is 18.2 Å². The molecular formula is C16H25Cl2N3. The first-order valence-corrected chi connectivity index (χ1v) is 7.26. The average Bonchev–Trinajstić information content (AvgIpc) is 2.84. The van der Waals surface area contributed by atoms with Gasteiger partial charge in [-0.05, 0) is 50.2 Å². The quantitative estimate of drug-likeness (QED) is 0.806. The van der Waals surface area contributed by atoms with Gasteiger partial charge in [-0.3, -0.25) is 0 Å². The number of para-hydroxylation sites is 1. The van der Waals surface area contributed by atoms with Crippen LogP contribution in [-0.2, 0) is 6.42 Å². The van der Waals surface area contributed by atoms with Gasteiger partial charge in [-0.15, -0.1) is 24.8 Å². The minimum Gasteiger partial charge on any atom is -0.361 e. The molecular weight excluding hydrogens is 305 g/mol. The van der Waals surface area contributed by atoms with Crippen LogP contribution < -0.4 is 11.5 Å². The van der Waals surface area contributed by atoms with Crippen LogP contribution in [0.15, 0.2) is 30.5 Å². The molecule has 1 fully saturated rings. The first-order chi connectivity index (χ1) is 9.16. The molecule has 1 aromatic heterocycles. The van der Waals surface area contributed by atoms with E-state index in [0.717, 1.165) is 38.5 Å². The van der Waals surface area contributed by atoms with Gasteiger partial charge < -0.3 is 16.5 Å². The van der Waals surface area contributed by atoms with Crippen LogP contribution in [0.4, 0.5) is 0 Å². The molecule has 1 aliphatic carbocycles. The van der Waals surface area contributed by atoms with E-state index in [1.165, 1.54) is 16.5 Å². The Morgan fingerprint density at radius 3 is 2.52 bits per heavy atom. The number of nitrogens with two attached hydrogens (primary N) is 2. The average molecular weight is 330 g/mol. The maximum absolute atomic E-state index is 6.52. The molecule has 5 N–H and O–H groups in total. The minimum atomic E-state index is -0.00571. The number of nitrogens with one attached hydrogen (secondary N) is 1. The Morgan fingerprint density at radius 1 is 1.14 bits per heavy atom. The van der Waals surface area contributed by atoms with Crippen molar-refractivity contribution in [2.45, 2.75) is 50.1 Å². The molecule has 1 aromatic carbocycles. The second-order valence-electron chi connectivity index (χ2n) is 6.06. The molecule has 0 atom stereocenters. The minimum absolute atomic E-state index is 0. The van der Waals surface area contributed by atoms with Gasteiger partial charge in [0.15, 0.2) is 0 Å². The summed E-state index contributed by atoms with van der Waals surface area (Å²) in [7, 11) is 0. The predicted octanol–water partition coefficient (Wildman–Crippen LogP) is 3.54. The Balaban J connectivity index is 0.00000110. The molecule has 5 heteroatoms. The summed E-state index contributed by atoms with van der Waals surface area (Å²) in [4.78, 5) is 3.33. The van der Waals surface area contributed by atoms with Crippen molar-refractivity contribution in [1.82, 2.24) is 4.98 Å². The highest BCUT2D eigenvalue weighted by molar-refractivity contribution is 5.85. The van der Waals surface area contributed by atoms with Crippen molar-refractivity contribution in [1.29, 1.82) is 0 Å².